The van der Waals surface area contributed by atoms with Crippen LogP contribution in [0.1, 0.15) is 13.3 Å². The van der Waals surface area contributed by atoms with Crippen LogP contribution in [0.25, 0.3) is 0 Å². The second kappa shape index (κ2) is 16.9. The number of hydrogen-bond acceptors (Lipinski definition) is 9. The third-order valence-electron chi connectivity index (χ3n) is 5.40. The summed E-state index contributed by atoms with van der Waals surface area (Å²) >= 11 is 0. The van der Waals surface area contributed by atoms with Crippen molar-refractivity contribution >= 4 is 30.0 Å². The molecule has 0 aromatic rings. The number of carboxylic acid groups (broad SMARTS) is 2. The molecule has 0 atom stereocenters. The number of aldehydes is 1. The van der Waals surface area contributed by atoms with E-state index in [4.69, 9.17) is 0 Å². The Morgan fingerprint density at radius 3 is 1.56 bits per heavy atom. The highest BCUT2D eigenvalue weighted by atomic mass is 16.4. The molecule has 0 unspecified atom stereocenters. The molecule has 1 aliphatic rings. The summed E-state index contributed by atoms with van der Waals surface area (Å²) < 4.78 is 0. The van der Waals surface area contributed by atoms with E-state index in [1.165, 1.54) is 0 Å². The van der Waals surface area contributed by atoms with Gasteiger partial charge in [-0.2, -0.15) is 0 Å². The summed E-state index contributed by atoms with van der Waals surface area (Å²) in [4.78, 5) is 64.8. The van der Waals surface area contributed by atoms with E-state index >= 15 is 0 Å². The van der Waals surface area contributed by atoms with Gasteiger partial charge in [0.25, 0.3) is 0 Å². The average Bonchev–Trinajstić information content (AvgIpc) is 2.75. The van der Waals surface area contributed by atoms with Crippen molar-refractivity contribution in [1.82, 2.24) is 30.2 Å². The molecular weight excluding hydrogens is 448 g/mol. The molecule has 1 rings (SSSR count). The van der Waals surface area contributed by atoms with Gasteiger partial charge in [-0.1, -0.05) is 0 Å². The van der Waals surface area contributed by atoms with E-state index < -0.39 is 11.9 Å². The summed E-state index contributed by atoms with van der Waals surface area (Å²) in [6.45, 7) is 5.86. The standard InChI is InChI=1S/C21H38N6O7/c1-2-22-18(29)3-4-23-19(30)15-25-7-5-24(13-14-28)6-8-26(16-20(31)32)11-12-27(10-9-25)17-21(33)34/h14H,2-13,15-17H2,1H3,(H,22,29)(H,23,30)(H,31,32)(H,33,34). The van der Waals surface area contributed by atoms with Crippen LogP contribution >= 0.6 is 0 Å². The SMILES string of the molecule is CCNC(=O)CCNC(=O)CN1CCN(CC=O)CCN(CC(=O)O)CCN(CC(=O)O)CC1. The van der Waals surface area contributed by atoms with Crippen molar-refractivity contribution in [2.45, 2.75) is 13.3 Å². The van der Waals surface area contributed by atoms with Crippen molar-refractivity contribution in [3.8, 4) is 0 Å². The Morgan fingerprint density at radius 2 is 1.15 bits per heavy atom. The first-order valence-corrected chi connectivity index (χ1v) is 11.5. The van der Waals surface area contributed by atoms with Gasteiger partial charge in [0.05, 0.1) is 26.2 Å². The molecule has 0 aromatic heterocycles. The number of amides is 2. The van der Waals surface area contributed by atoms with Gasteiger partial charge in [0.15, 0.2) is 0 Å². The van der Waals surface area contributed by atoms with Crippen LogP contribution in [0.5, 0.6) is 0 Å². The highest BCUT2D eigenvalue weighted by Gasteiger charge is 2.20. The topological polar surface area (TPSA) is 163 Å². The minimum Gasteiger partial charge on any atom is -0.480 e. The number of nitrogens with one attached hydrogen (secondary N) is 2. The van der Waals surface area contributed by atoms with Crippen LogP contribution in [0.2, 0.25) is 0 Å². The smallest absolute Gasteiger partial charge is 0.317 e. The number of aliphatic carboxylic acids is 2. The van der Waals surface area contributed by atoms with Crippen molar-refractivity contribution in [3.63, 3.8) is 0 Å². The molecule has 0 aromatic carbocycles. The molecule has 0 radical (unpaired) electrons. The third kappa shape index (κ3) is 13.8. The minimum atomic E-state index is -0.983. The van der Waals surface area contributed by atoms with Crippen molar-refractivity contribution in [3.05, 3.63) is 0 Å². The monoisotopic (exact) mass is 486 g/mol. The molecule has 1 fully saturated rings. The molecule has 34 heavy (non-hydrogen) atoms. The summed E-state index contributed by atoms with van der Waals surface area (Å²) in [5.41, 5.74) is 0. The fraction of sp³-hybridized carbons (Fsp3) is 0.762. The van der Waals surface area contributed by atoms with Gasteiger partial charge in [0, 0.05) is 71.9 Å². The molecule has 0 spiro atoms. The van der Waals surface area contributed by atoms with Gasteiger partial charge in [-0.15, -0.1) is 0 Å². The van der Waals surface area contributed by atoms with Crippen molar-refractivity contribution in [1.29, 1.82) is 0 Å². The minimum absolute atomic E-state index is 0.0797. The highest BCUT2D eigenvalue weighted by molar-refractivity contribution is 5.80. The van der Waals surface area contributed by atoms with Crippen LogP contribution in [0.4, 0.5) is 0 Å². The molecule has 4 N–H and O–H groups in total. The molecule has 0 aliphatic carbocycles. The molecule has 1 heterocycles. The zero-order valence-corrected chi connectivity index (χ0v) is 19.9. The second-order valence-corrected chi connectivity index (χ2v) is 8.14. The van der Waals surface area contributed by atoms with E-state index in [9.17, 15) is 34.2 Å². The van der Waals surface area contributed by atoms with Crippen molar-refractivity contribution in [2.24, 2.45) is 0 Å². The number of carbonyl (C=O) groups excluding carboxylic acids is 3. The van der Waals surface area contributed by atoms with Gasteiger partial charge < -0.3 is 25.6 Å². The Kier molecular flexibility index (Phi) is 14.6. The van der Waals surface area contributed by atoms with Gasteiger partial charge in [0.1, 0.15) is 6.29 Å². The number of nitrogens with zero attached hydrogens (tertiary/aromatic N) is 4. The largest absolute Gasteiger partial charge is 0.480 e. The molecule has 0 bridgehead atoms. The fourth-order valence-corrected chi connectivity index (χ4v) is 3.58. The second-order valence-electron chi connectivity index (χ2n) is 8.14. The summed E-state index contributed by atoms with van der Waals surface area (Å²) in [5.74, 6) is -2.33. The Balaban J connectivity index is 2.79. The van der Waals surface area contributed by atoms with Crippen LogP contribution < -0.4 is 10.6 Å². The molecule has 194 valence electrons. The number of rotatable bonds is 12. The predicted octanol–water partition coefficient (Wildman–Crippen LogP) is -2.78. The predicted molar refractivity (Wildman–Crippen MR) is 123 cm³/mol. The lowest BCUT2D eigenvalue weighted by atomic mass is 10.3. The molecule has 13 nitrogen and oxygen atoms in total. The van der Waals surface area contributed by atoms with Crippen LogP contribution in [0.3, 0.4) is 0 Å². The normalized spacial score (nSPS) is 17.8. The van der Waals surface area contributed by atoms with Crippen LogP contribution in [-0.2, 0) is 24.0 Å². The van der Waals surface area contributed by atoms with Crippen LogP contribution in [0.15, 0.2) is 0 Å². The zero-order chi connectivity index (χ0) is 25.3. The quantitative estimate of drug-likeness (QED) is 0.211. The summed E-state index contributed by atoms with van der Waals surface area (Å²) in [5, 5.41) is 23.8. The van der Waals surface area contributed by atoms with Gasteiger partial charge in [-0.3, -0.25) is 38.8 Å². The zero-order valence-electron chi connectivity index (χ0n) is 19.9. The Morgan fingerprint density at radius 1 is 0.706 bits per heavy atom. The fourth-order valence-electron chi connectivity index (χ4n) is 3.58. The summed E-state index contributed by atoms with van der Waals surface area (Å²) in [6.07, 6.45) is 0.978. The maximum atomic E-state index is 12.4. The van der Waals surface area contributed by atoms with Crippen molar-refractivity contribution in [2.75, 3.05) is 91.6 Å². The molecule has 1 saturated heterocycles. The first kappa shape index (κ1) is 29.4. The molecular formula is C21H38N6O7. The number of carbonyl (C=O) groups is 5. The van der Waals surface area contributed by atoms with E-state index in [-0.39, 0.29) is 51.0 Å². The summed E-state index contributed by atoms with van der Waals surface area (Å²) in [7, 11) is 0. The Labute approximate surface area is 200 Å². The molecule has 2 amide bonds. The molecule has 13 heteroatoms. The Hall–Kier alpha value is -2.61. The van der Waals surface area contributed by atoms with Crippen LogP contribution in [0, 0.1) is 0 Å². The van der Waals surface area contributed by atoms with Gasteiger partial charge in [0.2, 0.25) is 11.8 Å². The van der Waals surface area contributed by atoms with Gasteiger partial charge in [-0.25, -0.2) is 0 Å². The van der Waals surface area contributed by atoms with Gasteiger partial charge in [-0.05, 0) is 6.92 Å². The highest BCUT2D eigenvalue weighted by Crippen LogP contribution is 2.01. The van der Waals surface area contributed by atoms with E-state index in [0.717, 1.165) is 6.29 Å². The lowest BCUT2D eigenvalue weighted by Crippen LogP contribution is -2.49. The average molecular weight is 487 g/mol. The summed E-state index contributed by atoms with van der Waals surface area (Å²) in [6, 6.07) is 0. The third-order valence-corrected chi connectivity index (χ3v) is 5.40. The van der Waals surface area contributed by atoms with E-state index in [1.54, 1.807) is 9.80 Å². The lowest BCUT2D eigenvalue weighted by molar-refractivity contribution is -0.140. The maximum absolute atomic E-state index is 12.4. The van der Waals surface area contributed by atoms with E-state index in [2.05, 4.69) is 10.6 Å². The maximum Gasteiger partial charge on any atom is 0.317 e. The van der Waals surface area contributed by atoms with Crippen LogP contribution in [-0.4, -0.2) is 151 Å². The molecule has 0 saturated carbocycles. The van der Waals surface area contributed by atoms with E-state index in [1.807, 2.05) is 16.7 Å². The van der Waals surface area contributed by atoms with Crippen molar-refractivity contribution < 1.29 is 34.2 Å². The lowest BCUT2D eigenvalue weighted by Gasteiger charge is -2.32. The first-order chi connectivity index (χ1) is 16.2. The number of hydrogen-bond donors (Lipinski definition) is 4. The van der Waals surface area contributed by atoms with E-state index in [0.29, 0.717) is 58.9 Å². The number of carboxylic acids is 2. The van der Waals surface area contributed by atoms with Gasteiger partial charge >= 0.3 is 11.9 Å². The first-order valence-electron chi connectivity index (χ1n) is 11.5. The Bertz CT molecular complexity index is 678. The molecule has 1 aliphatic heterocycles.